The van der Waals surface area contributed by atoms with Crippen LogP contribution in [0.5, 0.6) is 0 Å². The van der Waals surface area contributed by atoms with Crippen LogP contribution < -0.4 is 5.32 Å². The molecular formula is C15H20N2O7. The SMILES string of the molecule is CC(C)(C)OC(=O)NCC(O)C(O)c1ccc(C=O)cc1[N+](=O)[O-]. The van der Waals surface area contributed by atoms with Gasteiger partial charge in [0.15, 0.2) is 0 Å². The van der Waals surface area contributed by atoms with Crippen molar-refractivity contribution in [1.29, 1.82) is 0 Å². The van der Waals surface area contributed by atoms with Gasteiger partial charge in [0.25, 0.3) is 5.69 Å². The highest BCUT2D eigenvalue weighted by Gasteiger charge is 2.27. The molecule has 1 amide bonds. The molecule has 0 aliphatic rings. The molecule has 0 saturated carbocycles. The molecule has 0 radical (unpaired) electrons. The van der Waals surface area contributed by atoms with E-state index in [4.69, 9.17) is 4.74 Å². The first-order valence-electron chi connectivity index (χ1n) is 7.11. The lowest BCUT2D eigenvalue weighted by molar-refractivity contribution is -0.386. The van der Waals surface area contributed by atoms with E-state index in [-0.39, 0.29) is 17.7 Å². The van der Waals surface area contributed by atoms with Gasteiger partial charge in [-0.3, -0.25) is 14.9 Å². The number of hydrogen-bond donors (Lipinski definition) is 3. The number of benzene rings is 1. The second-order valence-corrected chi connectivity index (χ2v) is 6.09. The number of hydrogen-bond acceptors (Lipinski definition) is 7. The number of aliphatic hydroxyl groups excluding tert-OH is 2. The summed E-state index contributed by atoms with van der Waals surface area (Å²) in [6, 6.07) is 3.47. The van der Waals surface area contributed by atoms with Gasteiger partial charge in [0.2, 0.25) is 0 Å². The first-order chi connectivity index (χ1) is 11.0. The zero-order valence-electron chi connectivity index (χ0n) is 13.6. The third kappa shape index (κ3) is 5.60. The van der Waals surface area contributed by atoms with Crippen LogP contribution in [0, 0.1) is 10.1 Å². The van der Waals surface area contributed by atoms with E-state index in [1.807, 2.05) is 0 Å². The van der Waals surface area contributed by atoms with Crippen molar-refractivity contribution in [1.82, 2.24) is 5.32 Å². The van der Waals surface area contributed by atoms with E-state index in [2.05, 4.69) is 5.32 Å². The second kappa shape index (κ2) is 7.84. The Morgan fingerprint density at radius 2 is 2.04 bits per heavy atom. The molecule has 0 saturated heterocycles. The quantitative estimate of drug-likeness (QED) is 0.403. The van der Waals surface area contributed by atoms with E-state index in [0.29, 0.717) is 6.29 Å². The molecule has 2 atom stereocenters. The fourth-order valence-corrected chi connectivity index (χ4v) is 1.86. The maximum absolute atomic E-state index is 11.5. The van der Waals surface area contributed by atoms with E-state index in [0.717, 1.165) is 6.07 Å². The van der Waals surface area contributed by atoms with Gasteiger partial charge in [-0.1, -0.05) is 6.07 Å². The number of carbonyl (C=O) groups excluding carboxylic acids is 2. The number of amides is 1. The predicted octanol–water partition coefficient (Wildman–Crippen LogP) is 1.33. The summed E-state index contributed by atoms with van der Waals surface area (Å²) in [7, 11) is 0. The normalized spacial score (nSPS) is 13.7. The van der Waals surface area contributed by atoms with E-state index in [1.54, 1.807) is 20.8 Å². The molecule has 3 N–H and O–H groups in total. The molecule has 0 fully saturated rings. The van der Waals surface area contributed by atoms with Crippen molar-refractivity contribution >= 4 is 18.1 Å². The predicted molar refractivity (Wildman–Crippen MR) is 83.7 cm³/mol. The number of nitrogens with one attached hydrogen (secondary N) is 1. The van der Waals surface area contributed by atoms with Gasteiger partial charge in [-0.15, -0.1) is 0 Å². The van der Waals surface area contributed by atoms with Crippen molar-refractivity contribution in [2.45, 2.75) is 38.6 Å². The Kier molecular flexibility index (Phi) is 6.38. The first kappa shape index (κ1) is 19.5. The standard InChI is InChI=1S/C15H20N2O7/c1-15(2,3)24-14(21)16-7-12(19)13(20)10-5-4-9(8-18)6-11(10)17(22)23/h4-6,8,12-13,19-20H,7H2,1-3H3,(H,16,21). The van der Waals surface area contributed by atoms with Crippen LogP contribution in [0.1, 0.15) is 42.8 Å². The first-order valence-corrected chi connectivity index (χ1v) is 7.11. The maximum Gasteiger partial charge on any atom is 0.407 e. The molecule has 0 aliphatic heterocycles. The summed E-state index contributed by atoms with van der Waals surface area (Å²) < 4.78 is 4.98. The number of nitro groups is 1. The number of ether oxygens (including phenoxy) is 1. The van der Waals surface area contributed by atoms with Crippen molar-refractivity contribution in [2.75, 3.05) is 6.54 Å². The van der Waals surface area contributed by atoms with Crippen LogP contribution in [-0.2, 0) is 4.74 Å². The third-order valence-corrected chi connectivity index (χ3v) is 2.92. The van der Waals surface area contributed by atoms with Crippen LogP contribution >= 0.6 is 0 Å². The third-order valence-electron chi connectivity index (χ3n) is 2.92. The molecule has 1 rings (SSSR count). The van der Waals surface area contributed by atoms with Gasteiger partial charge in [-0.05, 0) is 26.8 Å². The second-order valence-electron chi connectivity index (χ2n) is 6.09. The molecule has 2 unspecified atom stereocenters. The zero-order chi connectivity index (χ0) is 18.5. The average Bonchev–Trinajstić information content (AvgIpc) is 2.49. The molecule has 9 nitrogen and oxygen atoms in total. The molecule has 0 heterocycles. The van der Waals surface area contributed by atoms with Crippen LogP contribution in [0.25, 0.3) is 0 Å². The minimum Gasteiger partial charge on any atom is -0.444 e. The highest BCUT2D eigenvalue weighted by Crippen LogP contribution is 2.28. The molecule has 0 bridgehead atoms. The van der Waals surface area contributed by atoms with E-state index >= 15 is 0 Å². The van der Waals surface area contributed by atoms with Gasteiger partial charge in [-0.25, -0.2) is 4.79 Å². The highest BCUT2D eigenvalue weighted by atomic mass is 16.6. The largest absolute Gasteiger partial charge is 0.444 e. The Hall–Kier alpha value is -2.52. The molecule has 1 aromatic carbocycles. The topological polar surface area (TPSA) is 139 Å². The maximum atomic E-state index is 11.5. The summed E-state index contributed by atoms with van der Waals surface area (Å²) >= 11 is 0. The van der Waals surface area contributed by atoms with Crippen molar-refractivity contribution in [3.63, 3.8) is 0 Å². The summed E-state index contributed by atoms with van der Waals surface area (Å²) in [5, 5.41) is 33.3. The zero-order valence-corrected chi connectivity index (χ0v) is 13.6. The summed E-state index contributed by atoms with van der Waals surface area (Å²) in [5.41, 5.74) is -1.32. The minimum absolute atomic E-state index is 0.0685. The molecule has 9 heteroatoms. The number of rotatable bonds is 6. The average molecular weight is 340 g/mol. The van der Waals surface area contributed by atoms with E-state index in [1.165, 1.54) is 12.1 Å². The summed E-state index contributed by atoms with van der Waals surface area (Å²) in [4.78, 5) is 32.5. The number of aldehydes is 1. The Bertz CT molecular complexity index is 625. The fraction of sp³-hybridized carbons (Fsp3) is 0.467. The Labute approximate surface area is 138 Å². The molecule has 132 valence electrons. The number of aliphatic hydroxyl groups is 2. The van der Waals surface area contributed by atoms with Gasteiger partial charge >= 0.3 is 6.09 Å². The van der Waals surface area contributed by atoms with Crippen LogP contribution in [-0.4, -0.2) is 45.8 Å². The fourth-order valence-electron chi connectivity index (χ4n) is 1.86. The van der Waals surface area contributed by atoms with E-state index in [9.17, 15) is 29.9 Å². The minimum atomic E-state index is -1.62. The molecule has 24 heavy (non-hydrogen) atoms. The van der Waals surface area contributed by atoms with Crippen LogP contribution in [0.2, 0.25) is 0 Å². The van der Waals surface area contributed by atoms with Crippen molar-refractivity contribution in [3.05, 3.63) is 39.4 Å². The Morgan fingerprint density at radius 3 is 2.54 bits per heavy atom. The lowest BCUT2D eigenvalue weighted by Crippen LogP contribution is -2.39. The summed E-state index contributed by atoms with van der Waals surface area (Å²) in [6.45, 7) is 4.62. The highest BCUT2D eigenvalue weighted by molar-refractivity contribution is 5.76. The molecular weight excluding hydrogens is 320 g/mol. The molecule has 0 aliphatic carbocycles. The van der Waals surface area contributed by atoms with Crippen LogP contribution in [0.4, 0.5) is 10.5 Å². The molecule has 0 spiro atoms. The van der Waals surface area contributed by atoms with Gasteiger partial charge < -0.3 is 20.3 Å². The summed E-state index contributed by atoms with van der Waals surface area (Å²) in [6.07, 6.45) is -3.48. The number of nitro benzene ring substituents is 1. The van der Waals surface area contributed by atoms with Gasteiger partial charge in [0.1, 0.15) is 24.1 Å². The van der Waals surface area contributed by atoms with E-state index < -0.39 is 34.5 Å². The number of nitrogens with zero attached hydrogens (tertiary/aromatic N) is 1. The van der Waals surface area contributed by atoms with Crippen molar-refractivity contribution in [2.24, 2.45) is 0 Å². The Morgan fingerprint density at radius 1 is 1.42 bits per heavy atom. The number of carbonyl (C=O) groups is 2. The van der Waals surface area contributed by atoms with Gasteiger partial charge in [0.05, 0.1) is 10.5 Å². The Balaban J connectivity index is 2.82. The van der Waals surface area contributed by atoms with Crippen molar-refractivity contribution in [3.8, 4) is 0 Å². The van der Waals surface area contributed by atoms with Crippen molar-refractivity contribution < 1.29 is 29.5 Å². The lowest BCUT2D eigenvalue weighted by Gasteiger charge is -2.22. The molecule has 1 aromatic rings. The monoisotopic (exact) mass is 340 g/mol. The van der Waals surface area contributed by atoms with Gasteiger partial charge in [0, 0.05) is 18.2 Å². The number of alkyl carbamates (subject to hydrolysis) is 1. The lowest BCUT2D eigenvalue weighted by atomic mass is 10.0. The summed E-state index contributed by atoms with van der Waals surface area (Å²) in [5.74, 6) is 0. The molecule has 0 aromatic heterocycles. The smallest absolute Gasteiger partial charge is 0.407 e. The van der Waals surface area contributed by atoms with Crippen LogP contribution in [0.3, 0.4) is 0 Å². The van der Waals surface area contributed by atoms with Crippen LogP contribution in [0.15, 0.2) is 18.2 Å². The van der Waals surface area contributed by atoms with Gasteiger partial charge in [-0.2, -0.15) is 0 Å².